The zero-order chi connectivity index (χ0) is 18.5. The van der Waals surface area contributed by atoms with Crippen molar-refractivity contribution in [1.82, 2.24) is 0 Å². The summed E-state index contributed by atoms with van der Waals surface area (Å²) in [5.41, 5.74) is 3.99. The van der Waals surface area contributed by atoms with Crippen molar-refractivity contribution in [1.29, 1.82) is 0 Å². The molecule has 1 aliphatic rings. The first-order valence-corrected chi connectivity index (χ1v) is 8.63. The second-order valence-electron chi connectivity index (χ2n) is 6.39. The number of aliphatic hydroxyl groups is 4. The summed E-state index contributed by atoms with van der Waals surface area (Å²) in [5, 5.41) is 39.9. The molecule has 2 atom stereocenters. The van der Waals surface area contributed by atoms with Gasteiger partial charge >= 0.3 is 0 Å². The Balaban J connectivity index is 1.92. The van der Waals surface area contributed by atoms with Crippen LogP contribution in [0.3, 0.4) is 0 Å². The molecule has 0 saturated heterocycles. The second-order valence-corrected chi connectivity index (χ2v) is 6.39. The fourth-order valence-electron chi connectivity index (χ4n) is 3.12. The molecule has 3 rings (SSSR count). The maximum Gasteiger partial charge on any atom is 0.181 e. The molecule has 2 aromatic rings. The van der Waals surface area contributed by atoms with Crippen LogP contribution in [0.15, 0.2) is 36.4 Å². The first-order valence-electron chi connectivity index (χ1n) is 8.63. The van der Waals surface area contributed by atoms with E-state index in [2.05, 4.69) is 0 Å². The molecule has 140 valence electrons. The van der Waals surface area contributed by atoms with E-state index in [4.69, 9.17) is 9.47 Å². The van der Waals surface area contributed by atoms with Gasteiger partial charge in [-0.25, -0.2) is 0 Å². The highest BCUT2D eigenvalue weighted by atomic mass is 16.6. The molecule has 1 heterocycles. The Morgan fingerprint density at radius 2 is 1.81 bits per heavy atom. The first kappa shape index (κ1) is 19.0. The number of benzene rings is 2. The molecule has 2 unspecified atom stereocenters. The van der Waals surface area contributed by atoms with Gasteiger partial charge in [0.2, 0.25) is 0 Å². The van der Waals surface area contributed by atoms with Gasteiger partial charge in [-0.15, -0.1) is 0 Å². The van der Waals surface area contributed by atoms with Gasteiger partial charge in [0.25, 0.3) is 0 Å². The highest BCUT2D eigenvalue weighted by Gasteiger charge is 2.18. The van der Waals surface area contributed by atoms with Gasteiger partial charge in [0, 0.05) is 5.56 Å². The van der Waals surface area contributed by atoms with Crippen molar-refractivity contribution in [3.8, 4) is 0 Å². The van der Waals surface area contributed by atoms with Crippen LogP contribution in [-0.2, 0) is 35.7 Å². The van der Waals surface area contributed by atoms with Gasteiger partial charge in [0.1, 0.15) is 6.10 Å². The Bertz CT molecular complexity index is 745. The molecule has 0 amide bonds. The maximum absolute atomic E-state index is 10.4. The fourth-order valence-corrected chi connectivity index (χ4v) is 3.12. The van der Waals surface area contributed by atoms with E-state index < -0.39 is 12.4 Å². The van der Waals surface area contributed by atoms with Crippen LogP contribution in [0.2, 0.25) is 0 Å². The molecule has 26 heavy (non-hydrogen) atoms. The molecule has 4 bridgehead atoms. The third-order valence-electron chi connectivity index (χ3n) is 4.60. The van der Waals surface area contributed by atoms with Crippen LogP contribution in [0.25, 0.3) is 0 Å². The minimum absolute atomic E-state index is 0.116. The van der Waals surface area contributed by atoms with E-state index in [1.54, 1.807) is 12.1 Å². The Hall–Kier alpha value is -1.80. The first-order chi connectivity index (χ1) is 12.6. The van der Waals surface area contributed by atoms with Crippen LogP contribution in [0.4, 0.5) is 0 Å². The number of hydrogen-bond acceptors (Lipinski definition) is 6. The van der Waals surface area contributed by atoms with Crippen molar-refractivity contribution in [3.63, 3.8) is 0 Å². The normalized spacial score (nSPS) is 21.2. The number of rotatable bonds is 2. The molecule has 4 N–H and O–H groups in total. The quantitative estimate of drug-likeness (QED) is 0.648. The fraction of sp³-hybridized carbons (Fsp3) is 0.400. The smallest absolute Gasteiger partial charge is 0.181 e. The lowest BCUT2D eigenvalue weighted by Gasteiger charge is -2.20. The molecule has 0 saturated carbocycles. The Morgan fingerprint density at radius 3 is 2.58 bits per heavy atom. The third kappa shape index (κ3) is 4.29. The van der Waals surface area contributed by atoms with E-state index in [-0.39, 0.29) is 26.4 Å². The second kappa shape index (κ2) is 8.73. The van der Waals surface area contributed by atoms with Crippen LogP contribution in [0.5, 0.6) is 0 Å². The van der Waals surface area contributed by atoms with Crippen molar-refractivity contribution in [2.24, 2.45) is 0 Å². The number of ether oxygens (including phenoxy) is 2. The number of hydrogen-bond donors (Lipinski definition) is 4. The Morgan fingerprint density at radius 1 is 1.00 bits per heavy atom. The molecule has 2 aromatic carbocycles. The molecule has 0 aromatic heterocycles. The van der Waals surface area contributed by atoms with Gasteiger partial charge < -0.3 is 29.9 Å². The molecule has 1 aliphatic heterocycles. The van der Waals surface area contributed by atoms with Gasteiger partial charge in [0.05, 0.1) is 33.0 Å². The lowest BCUT2D eigenvalue weighted by Crippen LogP contribution is -2.14. The monoisotopic (exact) mass is 360 g/mol. The average molecular weight is 360 g/mol. The number of aliphatic hydroxyl groups excluding tert-OH is 4. The van der Waals surface area contributed by atoms with Crippen LogP contribution in [0.1, 0.15) is 45.8 Å². The van der Waals surface area contributed by atoms with Crippen molar-refractivity contribution < 1.29 is 29.9 Å². The van der Waals surface area contributed by atoms with Gasteiger partial charge in [-0.05, 0) is 40.3 Å². The highest BCUT2D eigenvalue weighted by Crippen LogP contribution is 2.26. The molecule has 0 fully saturated rings. The Labute approximate surface area is 152 Å². The maximum atomic E-state index is 10.4. The largest absolute Gasteiger partial charge is 0.392 e. The molecule has 6 nitrogen and oxygen atoms in total. The summed E-state index contributed by atoms with van der Waals surface area (Å²) < 4.78 is 11.2. The van der Waals surface area contributed by atoms with Gasteiger partial charge in [-0.1, -0.05) is 30.3 Å². The Kier molecular flexibility index (Phi) is 6.37. The van der Waals surface area contributed by atoms with Gasteiger partial charge in [-0.3, -0.25) is 0 Å². The molecule has 0 spiro atoms. The van der Waals surface area contributed by atoms with E-state index in [9.17, 15) is 20.4 Å². The number of fused-ring (bicyclic) bond motifs is 4. The van der Waals surface area contributed by atoms with Crippen LogP contribution in [0, 0.1) is 0 Å². The summed E-state index contributed by atoms with van der Waals surface area (Å²) in [6.45, 7) is 0.0832. The van der Waals surface area contributed by atoms with Crippen LogP contribution >= 0.6 is 0 Å². The molecular weight excluding hydrogens is 336 g/mol. The highest BCUT2D eigenvalue weighted by molar-refractivity contribution is 5.38. The minimum atomic E-state index is -1.18. The minimum Gasteiger partial charge on any atom is -0.392 e. The molecule has 0 aliphatic carbocycles. The van der Waals surface area contributed by atoms with Crippen LogP contribution in [-0.4, -0.2) is 33.6 Å². The summed E-state index contributed by atoms with van der Waals surface area (Å²) in [6.07, 6.45) is -1.35. The zero-order valence-electron chi connectivity index (χ0n) is 14.5. The average Bonchev–Trinajstić information content (AvgIpc) is 2.67. The third-order valence-corrected chi connectivity index (χ3v) is 4.60. The summed E-state index contributed by atoms with van der Waals surface area (Å²) in [7, 11) is 0. The lowest BCUT2D eigenvalue weighted by atomic mass is 9.98. The zero-order valence-corrected chi connectivity index (χ0v) is 14.5. The summed E-state index contributed by atoms with van der Waals surface area (Å²) in [4.78, 5) is 0. The van der Waals surface area contributed by atoms with E-state index in [1.165, 1.54) is 0 Å². The summed E-state index contributed by atoms with van der Waals surface area (Å²) in [5.74, 6) is 0. The van der Waals surface area contributed by atoms with Gasteiger partial charge in [-0.2, -0.15) is 0 Å². The van der Waals surface area contributed by atoms with Crippen molar-refractivity contribution in [2.45, 2.75) is 38.6 Å². The van der Waals surface area contributed by atoms with E-state index in [0.717, 1.165) is 11.1 Å². The predicted octanol–water partition coefficient (Wildman–Crippen LogP) is 1.48. The topological polar surface area (TPSA) is 99.4 Å². The van der Waals surface area contributed by atoms with Crippen LogP contribution < -0.4 is 0 Å². The summed E-state index contributed by atoms with van der Waals surface area (Å²) >= 11 is 0. The SMILES string of the molecule is OCc1cc(CO)c2cc1COCC(O)c1cccc(c1)CCOC2O. The predicted molar refractivity (Wildman–Crippen MR) is 94.0 cm³/mol. The van der Waals surface area contributed by atoms with Crippen molar-refractivity contribution in [3.05, 3.63) is 69.8 Å². The lowest BCUT2D eigenvalue weighted by molar-refractivity contribution is -0.103. The van der Waals surface area contributed by atoms with E-state index in [1.807, 2.05) is 24.3 Å². The molecule has 0 radical (unpaired) electrons. The van der Waals surface area contributed by atoms with Crippen molar-refractivity contribution in [2.75, 3.05) is 13.2 Å². The van der Waals surface area contributed by atoms with E-state index in [0.29, 0.717) is 35.3 Å². The van der Waals surface area contributed by atoms with E-state index >= 15 is 0 Å². The standard InChI is InChI=1S/C20H24O6/c21-9-15-7-16(10-22)18-8-17(15)11-25-12-19(23)14-3-1-2-13(6-14)4-5-26-20(18)24/h1-3,6-8,19-24H,4-5,9-12H2. The summed E-state index contributed by atoms with van der Waals surface area (Å²) in [6, 6.07) is 10.9. The van der Waals surface area contributed by atoms with Gasteiger partial charge in [0.15, 0.2) is 6.29 Å². The van der Waals surface area contributed by atoms with Crippen molar-refractivity contribution >= 4 is 0 Å². The molecular formula is C20H24O6. The molecule has 6 heteroatoms.